The lowest BCUT2D eigenvalue weighted by atomic mass is 10.00. The van der Waals surface area contributed by atoms with Crippen molar-refractivity contribution in [3.05, 3.63) is 65.2 Å². The standard InChI is InChI=1S/C25H32N2OS.C2H6/c1-18(2)28-23-14-13-20(15-21(23)16-26)25-27-17-24(29-25)22-12-10-8-6-4-5-7-9-11-19(22)3;1-2/h8,10,12-15,17-18H,3-7,9,11,16,26H2,1-2H3;1-2H3/b10-8-,22-12+;. The number of nitrogens with two attached hydrogens (primary N) is 1. The van der Waals surface area contributed by atoms with Crippen LogP contribution in [0.1, 0.15) is 76.7 Å². The molecule has 1 aliphatic carbocycles. The molecule has 1 aliphatic rings. The number of nitrogens with zero attached hydrogens (tertiary/aromatic N) is 1. The number of rotatable bonds is 5. The van der Waals surface area contributed by atoms with Gasteiger partial charge in [0.15, 0.2) is 0 Å². The molecule has 0 bridgehead atoms. The van der Waals surface area contributed by atoms with Gasteiger partial charge in [0.1, 0.15) is 10.8 Å². The van der Waals surface area contributed by atoms with E-state index in [1.54, 1.807) is 11.3 Å². The minimum Gasteiger partial charge on any atom is -0.491 e. The average Bonchev–Trinajstić information content (AvgIpc) is 3.24. The van der Waals surface area contributed by atoms with Gasteiger partial charge >= 0.3 is 0 Å². The van der Waals surface area contributed by atoms with E-state index in [4.69, 9.17) is 15.5 Å². The van der Waals surface area contributed by atoms with Crippen LogP contribution in [0.4, 0.5) is 0 Å². The molecule has 3 rings (SSSR count). The highest BCUT2D eigenvalue weighted by Gasteiger charge is 2.13. The summed E-state index contributed by atoms with van der Waals surface area (Å²) in [5.41, 5.74) is 10.5. The molecule has 0 saturated carbocycles. The second-order valence-electron chi connectivity index (χ2n) is 7.79. The lowest BCUT2D eigenvalue weighted by Gasteiger charge is -2.14. The number of hydrogen-bond acceptors (Lipinski definition) is 4. The van der Waals surface area contributed by atoms with Crippen LogP contribution < -0.4 is 10.5 Å². The summed E-state index contributed by atoms with van der Waals surface area (Å²) in [5, 5.41) is 0.998. The molecule has 0 saturated heterocycles. The van der Waals surface area contributed by atoms with Gasteiger partial charge in [-0.05, 0) is 68.9 Å². The first-order valence-corrected chi connectivity index (χ1v) is 12.4. The molecule has 0 spiro atoms. The van der Waals surface area contributed by atoms with E-state index in [0.29, 0.717) is 6.54 Å². The summed E-state index contributed by atoms with van der Waals surface area (Å²) in [7, 11) is 0. The Morgan fingerprint density at radius 1 is 1.16 bits per heavy atom. The van der Waals surface area contributed by atoms with E-state index in [0.717, 1.165) is 34.7 Å². The maximum atomic E-state index is 5.96. The van der Waals surface area contributed by atoms with Gasteiger partial charge in [-0.2, -0.15) is 0 Å². The molecule has 0 unspecified atom stereocenters. The molecule has 1 heterocycles. The van der Waals surface area contributed by atoms with Crippen LogP contribution in [0.15, 0.2) is 54.8 Å². The number of ether oxygens (including phenoxy) is 1. The third kappa shape index (κ3) is 7.48. The van der Waals surface area contributed by atoms with Crippen LogP contribution >= 0.6 is 11.3 Å². The third-order valence-corrected chi connectivity index (χ3v) is 6.12. The van der Waals surface area contributed by atoms with Crippen molar-refractivity contribution in [1.82, 2.24) is 4.98 Å². The van der Waals surface area contributed by atoms with Crippen molar-refractivity contribution in [2.24, 2.45) is 5.73 Å². The summed E-state index contributed by atoms with van der Waals surface area (Å²) in [4.78, 5) is 5.88. The first-order valence-electron chi connectivity index (χ1n) is 11.6. The molecule has 1 aromatic carbocycles. The van der Waals surface area contributed by atoms with Crippen molar-refractivity contribution in [3.8, 4) is 16.3 Å². The molecular formula is C27H38N2OS. The van der Waals surface area contributed by atoms with Crippen molar-refractivity contribution < 1.29 is 4.74 Å². The molecule has 4 heteroatoms. The molecule has 0 atom stereocenters. The van der Waals surface area contributed by atoms with Crippen LogP contribution in [-0.4, -0.2) is 11.1 Å². The maximum absolute atomic E-state index is 5.96. The molecule has 1 aromatic heterocycles. The van der Waals surface area contributed by atoms with Crippen LogP contribution in [0.3, 0.4) is 0 Å². The van der Waals surface area contributed by atoms with Gasteiger partial charge in [-0.1, -0.05) is 51.5 Å². The summed E-state index contributed by atoms with van der Waals surface area (Å²) >= 11 is 1.71. The number of thiazole rings is 1. The lowest BCUT2D eigenvalue weighted by Crippen LogP contribution is -2.09. The van der Waals surface area contributed by atoms with Gasteiger partial charge in [0, 0.05) is 23.9 Å². The Hall–Kier alpha value is -2.17. The molecular weight excluding hydrogens is 400 g/mol. The molecule has 0 amide bonds. The molecule has 0 aliphatic heterocycles. The molecule has 31 heavy (non-hydrogen) atoms. The average molecular weight is 439 g/mol. The highest BCUT2D eigenvalue weighted by Crippen LogP contribution is 2.35. The first-order chi connectivity index (χ1) is 15.1. The Bertz CT molecular complexity index is 892. The Morgan fingerprint density at radius 2 is 1.94 bits per heavy atom. The SMILES string of the molecule is C=C1CCCCCC/C=C\C=C/1c1cnc(-c2ccc(OC(C)C)c(CN)c2)s1.CC. The van der Waals surface area contributed by atoms with E-state index in [-0.39, 0.29) is 6.10 Å². The summed E-state index contributed by atoms with van der Waals surface area (Å²) < 4.78 is 5.87. The second kappa shape index (κ2) is 13.3. The predicted molar refractivity (Wildman–Crippen MR) is 137 cm³/mol. The largest absolute Gasteiger partial charge is 0.491 e. The zero-order valence-corrected chi connectivity index (χ0v) is 20.4. The smallest absolute Gasteiger partial charge is 0.124 e. The highest BCUT2D eigenvalue weighted by molar-refractivity contribution is 7.16. The zero-order valence-electron chi connectivity index (χ0n) is 19.6. The van der Waals surface area contributed by atoms with E-state index in [2.05, 4.69) is 36.9 Å². The second-order valence-corrected chi connectivity index (χ2v) is 8.82. The van der Waals surface area contributed by atoms with Crippen LogP contribution in [-0.2, 0) is 6.54 Å². The van der Waals surface area contributed by atoms with Gasteiger partial charge in [-0.15, -0.1) is 11.3 Å². The van der Waals surface area contributed by atoms with Crippen LogP contribution in [0, 0.1) is 0 Å². The Labute approximate surface area is 192 Å². The van der Waals surface area contributed by atoms with E-state index in [9.17, 15) is 0 Å². The van der Waals surface area contributed by atoms with Gasteiger partial charge in [0.05, 0.1) is 11.0 Å². The summed E-state index contributed by atoms with van der Waals surface area (Å²) in [6.45, 7) is 12.9. The highest BCUT2D eigenvalue weighted by atomic mass is 32.1. The fourth-order valence-corrected chi connectivity index (χ4v) is 4.48. The summed E-state index contributed by atoms with van der Waals surface area (Å²) in [5.74, 6) is 0.854. The number of hydrogen-bond donors (Lipinski definition) is 1. The number of allylic oxidation sites excluding steroid dienone is 5. The van der Waals surface area contributed by atoms with Crippen molar-refractivity contribution in [2.45, 2.75) is 78.9 Å². The summed E-state index contributed by atoms with van der Waals surface area (Å²) in [6.07, 6.45) is 16.0. The van der Waals surface area contributed by atoms with Crippen LogP contribution in [0.25, 0.3) is 16.1 Å². The van der Waals surface area contributed by atoms with Gasteiger partial charge in [-0.25, -0.2) is 4.98 Å². The monoisotopic (exact) mass is 438 g/mol. The van der Waals surface area contributed by atoms with E-state index in [1.165, 1.54) is 41.7 Å². The third-order valence-electron chi connectivity index (χ3n) is 5.04. The molecule has 168 valence electrons. The zero-order chi connectivity index (χ0) is 22.6. The van der Waals surface area contributed by atoms with Crippen LogP contribution in [0.5, 0.6) is 5.75 Å². The maximum Gasteiger partial charge on any atom is 0.124 e. The summed E-state index contributed by atoms with van der Waals surface area (Å²) in [6, 6.07) is 6.17. The predicted octanol–water partition coefficient (Wildman–Crippen LogP) is 7.93. The van der Waals surface area contributed by atoms with Crippen molar-refractivity contribution in [3.63, 3.8) is 0 Å². The first kappa shape index (κ1) is 25.1. The molecule has 0 radical (unpaired) electrons. The number of benzene rings is 1. The quantitative estimate of drug-likeness (QED) is 0.515. The Kier molecular flexibility index (Phi) is 10.8. The van der Waals surface area contributed by atoms with Gasteiger partial charge < -0.3 is 10.5 Å². The van der Waals surface area contributed by atoms with E-state index < -0.39 is 0 Å². The lowest BCUT2D eigenvalue weighted by molar-refractivity contribution is 0.240. The van der Waals surface area contributed by atoms with Gasteiger partial charge in [0.2, 0.25) is 0 Å². The minimum absolute atomic E-state index is 0.125. The van der Waals surface area contributed by atoms with Gasteiger partial charge in [-0.3, -0.25) is 0 Å². The normalized spacial score (nSPS) is 17.7. The van der Waals surface area contributed by atoms with E-state index in [1.807, 2.05) is 40.0 Å². The van der Waals surface area contributed by atoms with E-state index >= 15 is 0 Å². The Morgan fingerprint density at radius 3 is 2.68 bits per heavy atom. The van der Waals surface area contributed by atoms with Crippen molar-refractivity contribution >= 4 is 16.9 Å². The van der Waals surface area contributed by atoms with Crippen molar-refractivity contribution in [2.75, 3.05) is 0 Å². The topological polar surface area (TPSA) is 48.1 Å². The number of aromatic nitrogens is 1. The van der Waals surface area contributed by atoms with Crippen LogP contribution in [0.2, 0.25) is 0 Å². The molecule has 2 aromatic rings. The van der Waals surface area contributed by atoms with Crippen molar-refractivity contribution in [1.29, 1.82) is 0 Å². The van der Waals surface area contributed by atoms with Gasteiger partial charge in [0.25, 0.3) is 0 Å². The fourth-order valence-electron chi connectivity index (χ4n) is 3.50. The molecule has 0 fully saturated rings. The Balaban J connectivity index is 0.00000166. The molecule has 2 N–H and O–H groups in total. The fraction of sp³-hybridized carbons (Fsp3) is 0.444. The molecule has 3 nitrogen and oxygen atoms in total. The minimum atomic E-state index is 0.125.